The van der Waals surface area contributed by atoms with E-state index >= 15 is 0 Å². The lowest BCUT2D eigenvalue weighted by Crippen LogP contribution is -1.96. The van der Waals surface area contributed by atoms with Crippen molar-refractivity contribution in [1.82, 2.24) is 0 Å². The molecular formula is C18H21NO3. The molecule has 0 fully saturated rings. The Balaban J connectivity index is 3.06. The average Bonchev–Trinajstić information content (AvgIpc) is 2.54. The van der Waals surface area contributed by atoms with Crippen molar-refractivity contribution in [3.8, 4) is 11.5 Å². The highest BCUT2D eigenvalue weighted by molar-refractivity contribution is 6.08. The van der Waals surface area contributed by atoms with Crippen LogP contribution in [0.2, 0.25) is 0 Å². The molecular weight excluding hydrogens is 278 g/mol. The van der Waals surface area contributed by atoms with Crippen LogP contribution >= 0.6 is 0 Å². The minimum absolute atomic E-state index is 0.110. The van der Waals surface area contributed by atoms with Crippen LogP contribution in [0.15, 0.2) is 47.1 Å². The van der Waals surface area contributed by atoms with Crippen LogP contribution in [0.5, 0.6) is 11.5 Å². The Morgan fingerprint density at radius 2 is 1.77 bits per heavy atom. The van der Waals surface area contributed by atoms with Gasteiger partial charge in [0.15, 0.2) is 5.78 Å². The van der Waals surface area contributed by atoms with E-state index in [4.69, 9.17) is 9.47 Å². The summed E-state index contributed by atoms with van der Waals surface area (Å²) < 4.78 is 10.6. The summed E-state index contributed by atoms with van der Waals surface area (Å²) >= 11 is 0. The number of methoxy groups -OCH3 is 2. The molecule has 0 saturated heterocycles. The number of hydrogen-bond acceptors (Lipinski definition) is 4. The molecule has 0 N–H and O–H groups in total. The maximum atomic E-state index is 12.1. The van der Waals surface area contributed by atoms with Crippen LogP contribution in [-0.4, -0.2) is 26.7 Å². The molecule has 0 saturated carbocycles. The van der Waals surface area contributed by atoms with Gasteiger partial charge in [0.25, 0.3) is 0 Å². The van der Waals surface area contributed by atoms with Gasteiger partial charge < -0.3 is 9.47 Å². The lowest BCUT2D eigenvalue weighted by molar-refractivity contribution is -0.111. The maximum Gasteiger partial charge on any atom is 0.185 e. The first kappa shape index (κ1) is 17.4. The van der Waals surface area contributed by atoms with Gasteiger partial charge in [-0.1, -0.05) is 12.2 Å². The van der Waals surface area contributed by atoms with Crippen molar-refractivity contribution in [2.45, 2.75) is 13.8 Å². The molecule has 0 radical (unpaired) electrons. The Morgan fingerprint density at radius 3 is 2.23 bits per heavy atom. The van der Waals surface area contributed by atoms with Gasteiger partial charge in [0.1, 0.15) is 11.5 Å². The van der Waals surface area contributed by atoms with Crippen LogP contribution in [0.1, 0.15) is 18.1 Å². The van der Waals surface area contributed by atoms with Gasteiger partial charge in [-0.2, -0.15) is 0 Å². The van der Waals surface area contributed by atoms with Gasteiger partial charge in [-0.3, -0.25) is 9.79 Å². The molecule has 0 atom stereocenters. The Bertz CT molecular complexity index is 615. The minimum Gasteiger partial charge on any atom is -0.496 e. The first-order valence-corrected chi connectivity index (χ1v) is 6.81. The van der Waals surface area contributed by atoms with Crippen molar-refractivity contribution in [1.29, 1.82) is 0 Å². The number of benzene rings is 1. The number of ether oxygens (including phenoxy) is 2. The molecule has 0 spiro atoms. The minimum atomic E-state index is -0.110. The molecule has 0 unspecified atom stereocenters. The van der Waals surface area contributed by atoms with Gasteiger partial charge in [-0.05, 0) is 50.4 Å². The van der Waals surface area contributed by atoms with E-state index in [0.717, 1.165) is 11.1 Å². The first-order valence-electron chi connectivity index (χ1n) is 6.81. The molecule has 0 aliphatic carbocycles. The topological polar surface area (TPSA) is 47.9 Å². The number of aliphatic imine (C=N–C) groups is 1. The van der Waals surface area contributed by atoms with Crippen LogP contribution < -0.4 is 9.47 Å². The highest BCUT2D eigenvalue weighted by Gasteiger charge is 2.07. The fourth-order valence-corrected chi connectivity index (χ4v) is 1.92. The molecule has 0 aliphatic rings. The fourth-order valence-electron chi connectivity index (χ4n) is 1.92. The monoisotopic (exact) mass is 299 g/mol. The molecule has 0 aromatic heterocycles. The zero-order valence-corrected chi connectivity index (χ0v) is 13.4. The summed E-state index contributed by atoms with van der Waals surface area (Å²) in [5, 5.41) is 0. The van der Waals surface area contributed by atoms with Crippen LogP contribution in [0.3, 0.4) is 0 Å². The number of carbonyl (C=O) groups is 1. The van der Waals surface area contributed by atoms with E-state index in [1.165, 1.54) is 12.3 Å². The molecule has 0 amide bonds. The zero-order valence-electron chi connectivity index (χ0n) is 13.4. The summed E-state index contributed by atoms with van der Waals surface area (Å²) in [6.07, 6.45) is 8.07. The largest absolute Gasteiger partial charge is 0.496 e. The van der Waals surface area contributed by atoms with Crippen LogP contribution in [0, 0.1) is 6.92 Å². The van der Waals surface area contributed by atoms with Gasteiger partial charge in [0.05, 0.1) is 14.2 Å². The van der Waals surface area contributed by atoms with Gasteiger partial charge in [-0.15, -0.1) is 0 Å². The molecule has 116 valence electrons. The van der Waals surface area contributed by atoms with E-state index in [2.05, 4.69) is 11.7 Å². The van der Waals surface area contributed by atoms with Crippen molar-refractivity contribution in [2.24, 2.45) is 4.99 Å². The Labute approximate surface area is 131 Å². The molecule has 1 aromatic rings. The summed E-state index contributed by atoms with van der Waals surface area (Å²) in [5.74, 6) is 1.32. The lowest BCUT2D eigenvalue weighted by Gasteiger charge is -2.10. The van der Waals surface area contributed by atoms with E-state index < -0.39 is 0 Å². The Morgan fingerprint density at radius 1 is 1.18 bits per heavy atom. The van der Waals surface area contributed by atoms with Crippen molar-refractivity contribution < 1.29 is 14.3 Å². The predicted molar refractivity (Wildman–Crippen MR) is 90.8 cm³/mol. The van der Waals surface area contributed by atoms with Crippen molar-refractivity contribution in [2.75, 3.05) is 14.2 Å². The lowest BCUT2D eigenvalue weighted by atomic mass is 10.1. The highest BCUT2D eigenvalue weighted by atomic mass is 16.5. The molecule has 1 rings (SSSR count). The highest BCUT2D eigenvalue weighted by Crippen LogP contribution is 2.30. The number of carbonyl (C=O) groups excluding carboxylic acids is 1. The standard InChI is InChI=1S/C18H21NO3/c1-6-15(9-10-19-3)16(20)8-7-14-11-17(21-4)13(2)18(12-14)22-5/h6-12H,3H2,1-2,4-5H3. The summed E-state index contributed by atoms with van der Waals surface area (Å²) in [5.41, 5.74) is 2.30. The molecule has 0 heterocycles. The normalized spacial score (nSPS) is 11.9. The second-order valence-corrected chi connectivity index (χ2v) is 4.49. The van der Waals surface area contributed by atoms with Crippen molar-refractivity contribution in [3.05, 3.63) is 53.3 Å². The average molecular weight is 299 g/mol. The first-order chi connectivity index (χ1) is 10.6. The van der Waals surface area contributed by atoms with Gasteiger partial charge >= 0.3 is 0 Å². The fraction of sp³-hybridized carbons (Fsp3) is 0.222. The van der Waals surface area contributed by atoms with Crippen molar-refractivity contribution in [3.63, 3.8) is 0 Å². The molecule has 22 heavy (non-hydrogen) atoms. The molecule has 4 nitrogen and oxygen atoms in total. The summed E-state index contributed by atoms with van der Waals surface area (Å²) in [7, 11) is 3.21. The number of allylic oxidation sites excluding steroid dienone is 4. The number of rotatable bonds is 7. The SMILES string of the molecule is C=NC=CC(=CC)C(=O)C=Cc1cc(OC)c(C)c(OC)c1. The molecule has 0 bridgehead atoms. The number of hydrogen-bond donors (Lipinski definition) is 0. The van der Waals surface area contributed by atoms with Crippen LogP contribution in [0.25, 0.3) is 6.08 Å². The summed E-state index contributed by atoms with van der Waals surface area (Å²) in [4.78, 5) is 15.7. The maximum absolute atomic E-state index is 12.1. The molecule has 1 aromatic carbocycles. The summed E-state index contributed by atoms with van der Waals surface area (Å²) in [6, 6.07) is 3.72. The van der Waals surface area contributed by atoms with Gasteiger partial charge in [-0.25, -0.2) is 0 Å². The quantitative estimate of drug-likeness (QED) is 0.437. The number of nitrogens with zero attached hydrogens (tertiary/aromatic N) is 1. The third kappa shape index (κ3) is 4.45. The van der Waals surface area contributed by atoms with Crippen LogP contribution in [0.4, 0.5) is 0 Å². The Hall–Kier alpha value is -2.62. The molecule has 4 heteroatoms. The van der Waals surface area contributed by atoms with E-state index in [0.29, 0.717) is 17.1 Å². The third-order valence-electron chi connectivity index (χ3n) is 3.16. The smallest absolute Gasteiger partial charge is 0.185 e. The van der Waals surface area contributed by atoms with E-state index in [1.807, 2.05) is 19.1 Å². The number of ketones is 1. The second-order valence-electron chi connectivity index (χ2n) is 4.49. The van der Waals surface area contributed by atoms with E-state index in [-0.39, 0.29) is 5.78 Å². The van der Waals surface area contributed by atoms with E-state index in [1.54, 1.807) is 39.4 Å². The van der Waals surface area contributed by atoms with E-state index in [9.17, 15) is 4.79 Å². The predicted octanol–water partition coefficient (Wildman–Crippen LogP) is 3.76. The Kier molecular flexibility index (Phi) is 6.83. The molecule has 0 aliphatic heterocycles. The van der Waals surface area contributed by atoms with Crippen LogP contribution in [-0.2, 0) is 4.79 Å². The second kappa shape index (κ2) is 8.62. The van der Waals surface area contributed by atoms with Gasteiger partial charge in [0.2, 0.25) is 0 Å². The van der Waals surface area contributed by atoms with Gasteiger partial charge in [0, 0.05) is 17.3 Å². The van der Waals surface area contributed by atoms with Crippen molar-refractivity contribution >= 4 is 18.6 Å². The third-order valence-corrected chi connectivity index (χ3v) is 3.16. The zero-order chi connectivity index (χ0) is 16.5. The summed E-state index contributed by atoms with van der Waals surface area (Å²) in [6.45, 7) is 7.06.